The predicted octanol–water partition coefficient (Wildman–Crippen LogP) is 9.29. The van der Waals surface area contributed by atoms with Gasteiger partial charge in [-0.1, -0.05) is 68.7 Å². The van der Waals surface area contributed by atoms with Gasteiger partial charge < -0.3 is 64.7 Å². The Balaban J connectivity index is 0.000000193. The van der Waals surface area contributed by atoms with Crippen molar-refractivity contribution in [2.24, 2.45) is 16.8 Å². The third-order valence-corrected chi connectivity index (χ3v) is 16.2. The van der Waals surface area contributed by atoms with E-state index in [4.69, 9.17) is 50.8 Å². The normalized spacial score (nSPS) is 12.7. The smallest absolute Gasteiger partial charge is 0.512 e. The molecule has 462 valence electrons. The van der Waals surface area contributed by atoms with E-state index in [1.165, 1.54) is 35.2 Å². The van der Waals surface area contributed by atoms with E-state index in [-0.39, 0.29) is 73.9 Å². The molecule has 2 aliphatic rings. The van der Waals surface area contributed by atoms with E-state index in [0.29, 0.717) is 73.1 Å². The second kappa shape index (κ2) is 36.6. The fraction of sp³-hybridized carbons (Fsp3) is 0.203. The molecule has 7 heterocycles. The van der Waals surface area contributed by atoms with Crippen LogP contribution in [0.4, 0.5) is 5.69 Å². The Morgan fingerprint density at radius 2 is 1.03 bits per heavy atom. The van der Waals surface area contributed by atoms with Gasteiger partial charge >= 0.3 is 25.4 Å². The number of hydrogen-bond donors (Lipinski definition) is 5. The fourth-order valence-corrected chi connectivity index (χ4v) is 11.1. The zero-order chi connectivity index (χ0) is 65.1. The number of hydrogen-bond acceptors (Lipinski definition) is 24. The Labute approximate surface area is 562 Å². The molecule has 0 bridgehead atoms. The number of nitrogens with one attached hydrogen (secondary N) is 2. The van der Waals surface area contributed by atoms with Gasteiger partial charge in [-0.25, -0.2) is 4.85 Å². The Hall–Kier alpha value is -10.1. The molecule has 4 amide bonds. The quantitative estimate of drug-likeness (QED) is 0.0212. The number of piperidine rings is 2. The SMILES string of the molecule is Brc1ccc2nsnc2c1.N/C(=N\O)c1ccc2nsnc2c1.O=C(NCC(=O)N1CCC(C(=O)O)CC1)c1ccccc1.O=C(NCC(=O)N1CCC(c2nc(-c3ccc4nsnc4c3)no2)CC1)c1ccccc1.[C-]#N.[C-]#N.[C-]#[N+]c1ccc2nsnc2c1.[Zn+2]. The number of likely N-dealkylation sites (tertiary alicyclic amines) is 2. The van der Waals surface area contributed by atoms with Gasteiger partial charge in [-0.3, -0.25) is 24.0 Å². The summed E-state index contributed by atoms with van der Waals surface area (Å²) in [6.07, 6.45) is 2.39. The summed E-state index contributed by atoms with van der Waals surface area (Å²) in [4.78, 5) is 70.5. The van der Waals surface area contributed by atoms with Gasteiger partial charge in [0.1, 0.15) is 38.6 Å². The van der Waals surface area contributed by atoms with E-state index in [9.17, 15) is 24.0 Å². The molecule has 2 fully saturated rings. The van der Waals surface area contributed by atoms with E-state index in [1.54, 1.807) is 88.7 Å². The van der Waals surface area contributed by atoms with Crippen LogP contribution in [-0.2, 0) is 33.9 Å². The standard InChI is InChI=1S/C22H20N6O3S.C15H18N2O4.C7H6N4OS.C7H3N3S.C6H3BrN2S.2CN.Zn/c29-19(13-23-21(30)14-4-2-1-3-5-14)28-10-8-15(9-11-28)22-24-20(25-31-22)16-6-7-17-18(12-16)27-32-26-17;18-13(17-8-6-12(7-9-17)15(20)21)10-16-14(19)11-4-2-1-3-5-11;8-7(9-12)4-1-2-5-6(3-4)11-13-10-5;1-8-5-2-3-6-7(4-5)10-11-9-6;7-4-1-2-5-6(3-4)9-10-8-5;2*1-2;/h1-7,12,15H,8-11,13H2,(H,23,30);1-5,12H,6-10H2,(H,16,19)(H,20,21);1-3,12H,(H2,8,9);2-4H;1-3H;;;/q;;;;;2*-1;+2. The van der Waals surface area contributed by atoms with Crippen LogP contribution in [0, 0.1) is 36.2 Å². The second-order valence-electron chi connectivity index (χ2n) is 19.1. The number of carbonyl (C=O) groups excluding carboxylic acids is 4. The molecular formula is C59H50BrN19O8S4Zn. The van der Waals surface area contributed by atoms with Crippen molar-refractivity contribution in [2.75, 3.05) is 39.3 Å². The first kappa shape index (κ1) is 71.0. The molecule has 13 rings (SSSR count). The van der Waals surface area contributed by atoms with Crippen LogP contribution in [0.5, 0.6) is 0 Å². The van der Waals surface area contributed by atoms with Crippen molar-refractivity contribution in [3.63, 3.8) is 0 Å². The molecule has 6 N–H and O–H groups in total. The van der Waals surface area contributed by atoms with Crippen molar-refractivity contribution in [1.29, 1.82) is 10.5 Å². The number of nitrogens with zero attached hydrogens (tertiary/aromatic N) is 16. The molecule has 11 aromatic rings. The van der Waals surface area contributed by atoms with Crippen molar-refractivity contribution < 1.29 is 58.3 Å². The molecule has 33 heteroatoms. The molecule has 0 unspecified atom stereocenters. The number of carboxylic acid groups (broad SMARTS) is 1. The third-order valence-electron chi connectivity index (χ3n) is 13.5. The van der Waals surface area contributed by atoms with Crippen LogP contribution in [0.2, 0.25) is 0 Å². The molecule has 0 spiro atoms. The van der Waals surface area contributed by atoms with Crippen LogP contribution in [0.1, 0.15) is 63.8 Å². The van der Waals surface area contributed by atoms with Crippen LogP contribution in [0.25, 0.3) is 60.4 Å². The monoisotopic (exact) mass is 1420 g/mol. The first-order valence-corrected chi connectivity index (χ1v) is 30.7. The van der Waals surface area contributed by atoms with Gasteiger partial charge in [0.2, 0.25) is 23.5 Å². The van der Waals surface area contributed by atoms with Crippen LogP contribution in [0.15, 0.2) is 148 Å². The number of fused-ring (bicyclic) bond motifs is 4. The van der Waals surface area contributed by atoms with Crippen LogP contribution in [-0.4, -0.2) is 140 Å². The van der Waals surface area contributed by atoms with E-state index >= 15 is 0 Å². The molecule has 27 nitrogen and oxygen atoms in total. The summed E-state index contributed by atoms with van der Waals surface area (Å²) in [6, 6.07) is 39.7. The number of rotatable bonds is 10. The molecule has 2 saturated heterocycles. The summed E-state index contributed by atoms with van der Waals surface area (Å²) in [5, 5.41) is 42.1. The van der Waals surface area contributed by atoms with E-state index in [0.717, 1.165) is 78.7 Å². The molecule has 0 saturated carbocycles. The molecule has 0 radical (unpaired) electrons. The van der Waals surface area contributed by atoms with Crippen LogP contribution < -0.4 is 16.4 Å². The number of carboxylic acids is 1. The van der Waals surface area contributed by atoms with Crippen LogP contribution >= 0.6 is 62.8 Å². The molecular weight excluding hydrogens is 1380 g/mol. The zero-order valence-electron chi connectivity index (χ0n) is 48.2. The summed E-state index contributed by atoms with van der Waals surface area (Å²) in [5.74, 6) is -0.695. The summed E-state index contributed by atoms with van der Waals surface area (Å²) in [6.45, 7) is 18.2. The third kappa shape index (κ3) is 20.2. The Morgan fingerprint density at radius 1 is 0.598 bits per heavy atom. The summed E-state index contributed by atoms with van der Waals surface area (Å²) in [7, 11) is 0. The average molecular weight is 1430 g/mol. The second-order valence-corrected chi connectivity index (χ2v) is 22.1. The number of benzene rings is 6. The van der Waals surface area contributed by atoms with E-state index < -0.39 is 5.97 Å². The number of amidine groups is 1. The van der Waals surface area contributed by atoms with Crippen molar-refractivity contribution in [2.45, 2.75) is 31.6 Å². The average Bonchev–Trinajstić information content (AvgIpc) is 1.76. The molecule has 0 aliphatic carbocycles. The number of nitrogens with two attached hydrogens (primary N) is 1. The number of aromatic nitrogens is 10. The van der Waals surface area contributed by atoms with E-state index in [1.807, 2.05) is 54.6 Å². The van der Waals surface area contributed by atoms with Gasteiger partial charge in [0.25, 0.3) is 11.8 Å². The zero-order valence-corrected chi connectivity index (χ0v) is 56.0. The first-order valence-electron chi connectivity index (χ1n) is 27.0. The maximum atomic E-state index is 12.5. The fourth-order valence-electron chi connectivity index (χ4n) is 8.70. The van der Waals surface area contributed by atoms with Gasteiger partial charge in [0, 0.05) is 58.8 Å². The maximum Gasteiger partial charge on any atom is 2.00 e. The molecule has 5 aromatic heterocycles. The Morgan fingerprint density at radius 3 is 1.52 bits per heavy atom. The Bertz CT molecular complexity index is 4330. The summed E-state index contributed by atoms with van der Waals surface area (Å²) < 4.78 is 39.3. The van der Waals surface area contributed by atoms with Crippen LogP contribution in [0.3, 0.4) is 0 Å². The number of amides is 4. The van der Waals surface area contributed by atoms with Gasteiger partial charge in [0.15, 0.2) is 11.5 Å². The number of halogens is 1. The number of oxime groups is 1. The minimum atomic E-state index is -0.806. The first-order chi connectivity index (χ1) is 44.3. The molecule has 0 atom stereocenters. The summed E-state index contributed by atoms with van der Waals surface area (Å²) >= 11 is 8.07. The van der Waals surface area contributed by atoms with Gasteiger partial charge in [-0.15, -0.1) is 0 Å². The molecule has 2 aliphatic heterocycles. The topological polar surface area (TPSA) is 389 Å². The maximum absolute atomic E-state index is 12.5. The van der Waals surface area contributed by atoms with Gasteiger partial charge in [-0.2, -0.15) is 40.0 Å². The van der Waals surface area contributed by atoms with Crippen molar-refractivity contribution in [3.8, 4) is 11.4 Å². The van der Waals surface area contributed by atoms with Gasteiger partial charge in [0.05, 0.1) is 78.0 Å². The summed E-state index contributed by atoms with van der Waals surface area (Å²) in [5.41, 5.74) is 15.4. The van der Waals surface area contributed by atoms with E-state index in [2.05, 4.69) is 81.7 Å². The minimum Gasteiger partial charge on any atom is -0.512 e. The Kier molecular flexibility index (Phi) is 28.2. The van der Waals surface area contributed by atoms with Crippen molar-refractivity contribution >= 4 is 148 Å². The minimum absolute atomic E-state index is 0. The number of carbonyl (C=O) groups is 5. The number of aliphatic carboxylic acids is 1. The molecule has 92 heavy (non-hydrogen) atoms. The van der Waals surface area contributed by atoms with Crippen molar-refractivity contribution in [1.82, 2.24) is 65.6 Å². The van der Waals surface area contributed by atoms with Crippen molar-refractivity contribution in [3.05, 3.63) is 185 Å². The largest absolute Gasteiger partial charge is 2.00 e. The molecule has 6 aromatic carbocycles. The van der Waals surface area contributed by atoms with Gasteiger partial charge in [-0.05, 0) is 117 Å². The predicted molar refractivity (Wildman–Crippen MR) is 342 cm³/mol.